The molecule has 0 saturated heterocycles. The van der Waals surface area contributed by atoms with Crippen molar-refractivity contribution in [3.8, 4) is 0 Å². The summed E-state index contributed by atoms with van der Waals surface area (Å²) in [7, 11) is 0. The highest BCUT2D eigenvalue weighted by Crippen LogP contribution is 2.32. The van der Waals surface area contributed by atoms with Crippen LogP contribution in [0.3, 0.4) is 0 Å². The third-order valence-corrected chi connectivity index (χ3v) is 3.02. The van der Waals surface area contributed by atoms with Crippen molar-refractivity contribution in [2.45, 2.75) is 6.18 Å². The van der Waals surface area contributed by atoms with Crippen molar-refractivity contribution < 1.29 is 13.2 Å². The maximum absolute atomic E-state index is 12.6. The summed E-state index contributed by atoms with van der Waals surface area (Å²) in [5, 5.41) is 0.187. The third kappa shape index (κ3) is 1.62. The lowest BCUT2D eigenvalue weighted by Crippen LogP contribution is -2.05. The number of halogens is 4. The average molecular weight is 271 g/mol. The Hall–Kier alpha value is -1.75. The van der Waals surface area contributed by atoms with E-state index >= 15 is 0 Å². The zero-order valence-corrected chi connectivity index (χ0v) is 9.63. The third-order valence-electron chi connectivity index (χ3n) is 2.74. The molecule has 0 radical (unpaired) electrons. The van der Waals surface area contributed by atoms with Gasteiger partial charge in [0.05, 0.1) is 22.1 Å². The van der Waals surface area contributed by atoms with Crippen LogP contribution in [0.4, 0.5) is 13.2 Å². The predicted octanol–water partition coefficient (Wildman–Crippen LogP) is 4.16. The number of fused-ring (bicyclic) bond motifs is 3. The smallest absolute Gasteiger partial charge is 0.312 e. The molecule has 0 N–H and O–H groups in total. The first-order valence-corrected chi connectivity index (χ1v) is 5.48. The lowest BCUT2D eigenvalue weighted by atomic mass is 10.2. The zero-order chi connectivity index (χ0) is 12.9. The number of hydrogen-bond donors (Lipinski definition) is 0. The molecule has 0 fully saturated rings. The highest BCUT2D eigenvalue weighted by Gasteiger charge is 2.30. The van der Waals surface area contributed by atoms with Crippen LogP contribution in [0, 0.1) is 0 Å². The van der Waals surface area contributed by atoms with Gasteiger partial charge in [0.1, 0.15) is 0 Å². The van der Waals surface area contributed by atoms with Crippen LogP contribution < -0.4 is 0 Å². The quantitative estimate of drug-likeness (QED) is 0.599. The van der Waals surface area contributed by atoms with E-state index in [9.17, 15) is 13.2 Å². The van der Waals surface area contributed by atoms with E-state index in [4.69, 9.17) is 11.6 Å². The van der Waals surface area contributed by atoms with E-state index in [1.54, 1.807) is 22.7 Å². The number of rotatable bonds is 0. The first-order valence-electron chi connectivity index (χ1n) is 5.10. The Balaban J connectivity index is 2.39. The van der Waals surface area contributed by atoms with Crippen molar-refractivity contribution in [2.75, 3.05) is 0 Å². The van der Waals surface area contributed by atoms with Gasteiger partial charge < -0.3 is 4.40 Å². The minimum Gasteiger partial charge on any atom is -0.312 e. The summed E-state index contributed by atoms with van der Waals surface area (Å²) in [5.41, 5.74) is 0.750. The van der Waals surface area contributed by atoms with Crippen molar-refractivity contribution in [1.29, 1.82) is 0 Å². The van der Waals surface area contributed by atoms with Crippen LogP contribution in [0.2, 0.25) is 5.15 Å². The molecule has 3 rings (SSSR count). The molecular formula is C12H6ClF3N2. The van der Waals surface area contributed by atoms with Crippen LogP contribution in [0.1, 0.15) is 5.56 Å². The molecule has 2 heterocycles. The number of aromatic nitrogens is 2. The lowest BCUT2D eigenvalue weighted by molar-refractivity contribution is -0.137. The van der Waals surface area contributed by atoms with E-state index in [0.717, 1.165) is 12.1 Å². The lowest BCUT2D eigenvalue weighted by Gasteiger charge is -2.09. The maximum atomic E-state index is 12.6. The molecule has 2 aromatic heterocycles. The van der Waals surface area contributed by atoms with Gasteiger partial charge in [-0.2, -0.15) is 13.2 Å². The van der Waals surface area contributed by atoms with Crippen LogP contribution in [0.5, 0.6) is 0 Å². The fraction of sp³-hybridized carbons (Fsp3) is 0.0833. The van der Waals surface area contributed by atoms with E-state index in [-0.39, 0.29) is 10.7 Å². The standard InChI is InChI=1S/C12H6ClF3N2/c13-11-10-2-1-5-18(10)9-4-3-7(12(14,15)16)6-8(9)17-11/h1-6H. The van der Waals surface area contributed by atoms with Gasteiger partial charge >= 0.3 is 6.18 Å². The SMILES string of the molecule is FC(F)(F)c1ccc2c(c1)nc(Cl)c1cccn12. The summed E-state index contributed by atoms with van der Waals surface area (Å²) in [6.45, 7) is 0. The van der Waals surface area contributed by atoms with Crippen LogP contribution in [0.25, 0.3) is 16.6 Å². The van der Waals surface area contributed by atoms with E-state index in [0.29, 0.717) is 11.0 Å². The van der Waals surface area contributed by atoms with E-state index in [2.05, 4.69) is 4.98 Å². The van der Waals surface area contributed by atoms with Crippen LogP contribution >= 0.6 is 11.6 Å². The van der Waals surface area contributed by atoms with Gasteiger partial charge in [-0.3, -0.25) is 0 Å². The Kier molecular flexibility index (Phi) is 2.28. The summed E-state index contributed by atoms with van der Waals surface area (Å²) in [6.07, 6.45) is -2.65. The fourth-order valence-corrected chi connectivity index (χ4v) is 2.16. The van der Waals surface area contributed by atoms with E-state index < -0.39 is 11.7 Å². The van der Waals surface area contributed by atoms with Gasteiger partial charge in [0.15, 0.2) is 5.15 Å². The molecule has 0 amide bonds. The fourth-order valence-electron chi connectivity index (χ4n) is 1.92. The first kappa shape index (κ1) is 11.3. The molecule has 0 atom stereocenters. The van der Waals surface area contributed by atoms with Gasteiger partial charge in [-0.05, 0) is 30.3 Å². The molecular weight excluding hydrogens is 265 g/mol. The Morgan fingerprint density at radius 2 is 1.89 bits per heavy atom. The molecule has 0 aliphatic carbocycles. The molecule has 0 aliphatic heterocycles. The van der Waals surface area contributed by atoms with Crippen LogP contribution in [-0.2, 0) is 6.18 Å². The summed E-state index contributed by atoms with van der Waals surface area (Å²) >= 11 is 5.93. The van der Waals surface area contributed by atoms with Gasteiger partial charge in [-0.1, -0.05) is 11.6 Å². The molecule has 0 unspecified atom stereocenters. The number of benzene rings is 1. The topological polar surface area (TPSA) is 17.3 Å². The molecule has 92 valence electrons. The monoisotopic (exact) mass is 270 g/mol. The summed E-state index contributed by atoms with van der Waals surface area (Å²) in [4.78, 5) is 3.99. The van der Waals surface area contributed by atoms with Crippen LogP contribution in [-0.4, -0.2) is 9.38 Å². The molecule has 0 saturated carbocycles. The predicted molar refractivity (Wildman–Crippen MR) is 62.7 cm³/mol. The second kappa shape index (κ2) is 3.62. The van der Waals surface area contributed by atoms with Crippen molar-refractivity contribution in [3.05, 3.63) is 47.2 Å². The maximum Gasteiger partial charge on any atom is 0.416 e. The minimum absolute atomic E-state index is 0.187. The van der Waals surface area contributed by atoms with Crippen molar-refractivity contribution in [1.82, 2.24) is 9.38 Å². The Morgan fingerprint density at radius 1 is 1.11 bits per heavy atom. The van der Waals surface area contributed by atoms with Gasteiger partial charge in [0.2, 0.25) is 0 Å². The Morgan fingerprint density at radius 3 is 2.61 bits per heavy atom. The average Bonchev–Trinajstić information content (AvgIpc) is 2.77. The molecule has 3 aromatic rings. The molecule has 0 aliphatic rings. The van der Waals surface area contributed by atoms with Crippen molar-refractivity contribution in [2.24, 2.45) is 0 Å². The van der Waals surface area contributed by atoms with Crippen molar-refractivity contribution >= 4 is 28.2 Å². The minimum atomic E-state index is -4.38. The van der Waals surface area contributed by atoms with Gasteiger partial charge in [0.25, 0.3) is 0 Å². The summed E-state index contributed by atoms with van der Waals surface area (Å²) < 4.78 is 39.5. The molecule has 0 spiro atoms. The summed E-state index contributed by atoms with van der Waals surface area (Å²) in [5.74, 6) is 0. The Labute approximate surface area is 105 Å². The number of hydrogen-bond acceptors (Lipinski definition) is 1. The largest absolute Gasteiger partial charge is 0.416 e. The van der Waals surface area contributed by atoms with Crippen LogP contribution in [0.15, 0.2) is 36.5 Å². The summed E-state index contributed by atoms with van der Waals surface area (Å²) in [6, 6.07) is 6.96. The van der Waals surface area contributed by atoms with E-state index in [1.807, 2.05) is 0 Å². The molecule has 6 heteroatoms. The van der Waals surface area contributed by atoms with Gasteiger partial charge in [0, 0.05) is 6.20 Å². The van der Waals surface area contributed by atoms with Gasteiger partial charge in [-0.15, -0.1) is 0 Å². The van der Waals surface area contributed by atoms with Gasteiger partial charge in [-0.25, -0.2) is 4.98 Å². The molecule has 18 heavy (non-hydrogen) atoms. The highest BCUT2D eigenvalue weighted by molar-refractivity contribution is 6.33. The number of nitrogens with zero attached hydrogens (tertiary/aromatic N) is 2. The van der Waals surface area contributed by atoms with Crippen molar-refractivity contribution in [3.63, 3.8) is 0 Å². The second-order valence-corrected chi connectivity index (χ2v) is 4.23. The van der Waals surface area contributed by atoms with E-state index in [1.165, 1.54) is 6.07 Å². The molecule has 2 nitrogen and oxygen atoms in total. The first-order chi connectivity index (χ1) is 8.47. The number of alkyl halides is 3. The zero-order valence-electron chi connectivity index (χ0n) is 8.87. The molecule has 1 aromatic carbocycles. The highest BCUT2D eigenvalue weighted by atomic mass is 35.5. The Bertz CT molecular complexity index is 746. The molecule has 0 bridgehead atoms. The normalized spacial score (nSPS) is 12.4. The second-order valence-electron chi connectivity index (χ2n) is 3.87.